The van der Waals surface area contributed by atoms with Crippen LogP contribution in [0.4, 0.5) is 5.82 Å². The summed E-state index contributed by atoms with van der Waals surface area (Å²) in [7, 11) is 0. The van der Waals surface area contributed by atoms with Crippen molar-refractivity contribution >= 4 is 16.7 Å². The SMILES string of the molecule is C=CCN(c1cc(CO)c2ccccc2n1)C1CC1. The van der Waals surface area contributed by atoms with Crippen LogP contribution in [-0.4, -0.2) is 22.7 Å². The lowest BCUT2D eigenvalue weighted by Gasteiger charge is -2.23. The number of para-hydroxylation sites is 1. The van der Waals surface area contributed by atoms with Crippen LogP contribution in [-0.2, 0) is 6.61 Å². The van der Waals surface area contributed by atoms with E-state index in [2.05, 4.69) is 11.5 Å². The Balaban J connectivity index is 2.09. The fourth-order valence-corrected chi connectivity index (χ4v) is 2.46. The lowest BCUT2D eigenvalue weighted by atomic mass is 10.1. The van der Waals surface area contributed by atoms with Crippen LogP contribution >= 0.6 is 0 Å². The first-order chi connectivity index (χ1) is 9.33. The second-order valence-corrected chi connectivity index (χ2v) is 4.99. The van der Waals surface area contributed by atoms with Gasteiger partial charge in [0.1, 0.15) is 5.82 Å². The summed E-state index contributed by atoms with van der Waals surface area (Å²) in [5.74, 6) is 0.949. The van der Waals surface area contributed by atoms with Gasteiger partial charge in [-0.15, -0.1) is 6.58 Å². The maximum atomic E-state index is 9.56. The number of fused-ring (bicyclic) bond motifs is 1. The summed E-state index contributed by atoms with van der Waals surface area (Å²) in [6, 6.07) is 10.5. The fourth-order valence-electron chi connectivity index (χ4n) is 2.46. The summed E-state index contributed by atoms with van der Waals surface area (Å²) in [5.41, 5.74) is 1.88. The van der Waals surface area contributed by atoms with Crippen LogP contribution < -0.4 is 4.90 Å². The molecule has 1 aromatic heterocycles. The second-order valence-electron chi connectivity index (χ2n) is 4.99. The molecule has 3 nitrogen and oxygen atoms in total. The molecule has 0 radical (unpaired) electrons. The van der Waals surface area contributed by atoms with Gasteiger partial charge in [-0.2, -0.15) is 0 Å². The van der Waals surface area contributed by atoms with Crippen LogP contribution in [0.1, 0.15) is 18.4 Å². The minimum atomic E-state index is 0.0443. The van der Waals surface area contributed by atoms with Gasteiger partial charge in [0.2, 0.25) is 0 Å². The van der Waals surface area contributed by atoms with Gasteiger partial charge in [-0.05, 0) is 30.5 Å². The van der Waals surface area contributed by atoms with Crippen molar-refractivity contribution in [2.24, 2.45) is 0 Å². The fraction of sp³-hybridized carbons (Fsp3) is 0.312. The van der Waals surface area contributed by atoms with Gasteiger partial charge >= 0.3 is 0 Å². The molecular weight excluding hydrogens is 236 g/mol. The maximum Gasteiger partial charge on any atom is 0.130 e. The number of aliphatic hydroxyl groups is 1. The van der Waals surface area contributed by atoms with Crippen molar-refractivity contribution in [3.8, 4) is 0 Å². The predicted molar refractivity (Wildman–Crippen MR) is 78.2 cm³/mol. The van der Waals surface area contributed by atoms with E-state index < -0.39 is 0 Å². The third-order valence-electron chi connectivity index (χ3n) is 3.57. The normalized spacial score (nSPS) is 14.6. The number of rotatable bonds is 5. The summed E-state index contributed by atoms with van der Waals surface area (Å²) in [6.07, 6.45) is 4.35. The van der Waals surface area contributed by atoms with Crippen molar-refractivity contribution in [2.75, 3.05) is 11.4 Å². The molecule has 0 spiro atoms. The molecule has 0 saturated heterocycles. The Morgan fingerprint density at radius 3 is 2.84 bits per heavy atom. The average molecular weight is 254 g/mol. The van der Waals surface area contributed by atoms with Crippen molar-refractivity contribution < 1.29 is 5.11 Å². The number of aliphatic hydroxyl groups excluding tert-OH is 1. The number of anilines is 1. The van der Waals surface area contributed by atoms with Gasteiger partial charge in [0.15, 0.2) is 0 Å². The topological polar surface area (TPSA) is 36.4 Å². The molecule has 0 atom stereocenters. The van der Waals surface area contributed by atoms with Gasteiger partial charge in [-0.3, -0.25) is 0 Å². The molecule has 98 valence electrons. The molecule has 1 fully saturated rings. The molecule has 0 unspecified atom stereocenters. The van der Waals surface area contributed by atoms with Crippen molar-refractivity contribution in [1.29, 1.82) is 0 Å². The molecule has 1 aliphatic rings. The van der Waals surface area contributed by atoms with E-state index in [-0.39, 0.29) is 6.61 Å². The zero-order chi connectivity index (χ0) is 13.2. The molecule has 1 heterocycles. The van der Waals surface area contributed by atoms with Crippen LogP contribution in [0, 0.1) is 0 Å². The predicted octanol–water partition coefficient (Wildman–Crippen LogP) is 2.88. The molecule has 0 aliphatic heterocycles. The van der Waals surface area contributed by atoms with E-state index in [0.717, 1.165) is 28.8 Å². The van der Waals surface area contributed by atoms with Gasteiger partial charge in [0.05, 0.1) is 12.1 Å². The monoisotopic (exact) mass is 254 g/mol. The minimum Gasteiger partial charge on any atom is -0.392 e. The van der Waals surface area contributed by atoms with E-state index in [4.69, 9.17) is 4.98 Å². The quantitative estimate of drug-likeness (QED) is 0.833. The highest BCUT2D eigenvalue weighted by Gasteiger charge is 2.29. The minimum absolute atomic E-state index is 0.0443. The first kappa shape index (κ1) is 12.2. The van der Waals surface area contributed by atoms with E-state index in [0.29, 0.717) is 6.04 Å². The number of aromatic nitrogens is 1. The highest BCUT2D eigenvalue weighted by molar-refractivity contribution is 5.84. The average Bonchev–Trinajstić information content (AvgIpc) is 3.28. The Morgan fingerprint density at radius 2 is 2.16 bits per heavy atom. The Labute approximate surface area is 113 Å². The van der Waals surface area contributed by atoms with Gasteiger partial charge in [-0.25, -0.2) is 4.98 Å². The molecule has 2 aromatic rings. The summed E-state index contributed by atoms with van der Waals surface area (Å²) in [4.78, 5) is 7.01. The largest absolute Gasteiger partial charge is 0.392 e. The smallest absolute Gasteiger partial charge is 0.130 e. The first-order valence-electron chi connectivity index (χ1n) is 6.70. The zero-order valence-electron chi connectivity index (χ0n) is 10.9. The highest BCUT2D eigenvalue weighted by Crippen LogP contribution is 2.32. The number of hydrogen-bond acceptors (Lipinski definition) is 3. The Kier molecular flexibility index (Phi) is 3.22. The van der Waals surface area contributed by atoms with E-state index in [1.807, 2.05) is 36.4 Å². The van der Waals surface area contributed by atoms with Crippen molar-refractivity contribution in [2.45, 2.75) is 25.5 Å². The van der Waals surface area contributed by atoms with Gasteiger partial charge in [0.25, 0.3) is 0 Å². The van der Waals surface area contributed by atoms with E-state index in [9.17, 15) is 5.11 Å². The van der Waals surface area contributed by atoms with Crippen molar-refractivity contribution in [3.63, 3.8) is 0 Å². The third-order valence-corrected chi connectivity index (χ3v) is 3.57. The molecule has 1 aliphatic carbocycles. The van der Waals surface area contributed by atoms with Gasteiger partial charge in [-0.1, -0.05) is 24.3 Å². The molecule has 1 aromatic carbocycles. The van der Waals surface area contributed by atoms with E-state index in [1.54, 1.807) is 0 Å². The van der Waals surface area contributed by atoms with Crippen LogP contribution in [0.3, 0.4) is 0 Å². The van der Waals surface area contributed by atoms with Crippen LogP contribution in [0.15, 0.2) is 43.0 Å². The van der Waals surface area contributed by atoms with Crippen molar-refractivity contribution in [3.05, 3.63) is 48.6 Å². The van der Waals surface area contributed by atoms with Crippen LogP contribution in [0.2, 0.25) is 0 Å². The first-order valence-corrected chi connectivity index (χ1v) is 6.70. The summed E-state index contributed by atoms with van der Waals surface area (Å²) in [5, 5.41) is 10.6. The van der Waals surface area contributed by atoms with Gasteiger partial charge < -0.3 is 10.0 Å². The summed E-state index contributed by atoms with van der Waals surface area (Å²) >= 11 is 0. The van der Waals surface area contributed by atoms with Crippen LogP contribution in [0.25, 0.3) is 10.9 Å². The summed E-state index contributed by atoms with van der Waals surface area (Å²) < 4.78 is 0. The molecule has 0 amide bonds. The number of benzene rings is 1. The Hall–Kier alpha value is -1.87. The van der Waals surface area contributed by atoms with Crippen LogP contribution in [0.5, 0.6) is 0 Å². The van der Waals surface area contributed by atoms with E-state index >= 15 is 0 Å². The number of pyridine rings is 1. The van der Waals surface area contributed by atoms with E-state index in [1.165, 1.54) is 12.8 Å². The third kappa shape index (κ3) is 2.34. The van der Waals surface area contributed by atoms with Gasteiger partial charge in [0, 0.05) is 18.0 Å². The Bertz CT molecular complexity index is 605. The molecule has 19 heavy (non-hydrogen) atoms. The number of nitrogens with zero attached hydrogens (tertiary/aromatic N) is 2. The maximum absolute atomic E-state index is 9.56. The lowest BCUT2D eigenvalue weighted by Crippen LogP contribution is -2.26. The number of hydrogen-bond donors (Lipinski definition) is 1. The molecule has 3 heteroatoms. The molecule has 0 bridgehead atoms. The molecule has 1 saturated carbocycles. The molecule has 1 N–H and O–H groups in total. The molecule has 3 rings (SSSR count). The standard InChI is InChI=1S/C16H18N2O/c1-2-9-18(13-7-8-13)16-10-12(11-19)14-5-3-4-6-15(14)17-16/h2-6,10,13,19H,1,7-9,11H2. The Morgan fingerprint density at radius 1 is 1.37 bits per heavy atom. The van der Waals surface area contributed by atoms with Crippen molar-refractivity contribution in [1.82, 2.24) is 4.98 Å². The molecular formula is C16H18N2O. The second kappa shape index (κ2) is 5.02. The summed E-state index contributed by atoms with van der Waals surface area (Å²) in [6.45, 7) is 4.67. The zero-order valence-corrected chi connectivity index (χ0v) is 10.9. The highest BCUT2D eigenvalue weighted by atomic mass is 16.3. The lowest BCUT2D eigenvalue weighted by molar-refractivity contribution is 0.283.